The monoisotopic (exact) mass is 514 g/mol. The quantitative estimate of drug-likeness (QED) is 0.580. The van der Waals surface area contributed by atoms with Gasteiger partial charge in [-0.15, -0.1) is 0 Å². The summed E-state index contributed by atoms with van der Waals surface area (Å²) in [5.74, 6) is -2.41. The first-order chi connectivity index (χ1) is 18.5. The lowest BCUT2D eigenvalue weighted by molar-refractivity contribution is -0.140. The summed E-state index contributed by atoms with van der Waals surface area (Å²) in [7, 11) is 0. The van der Waals surface area contributed by atoms with Gasteiger partial charge >= 0.3 is 0 Å². The second-order valence-electron chi connectivity index (χ2n) is 10.8. The summed E-state index contributed by atoms with van der Waals surface area (Å²) >= 11 is 0. The van der Waals surface area contributed by atoms with Crippen molar-refractivity contribution in [2.45, 2.75) is 30.8 Å². The van der Waals surface area contributed by atoms with Crippen LogP contribution in [-0.4, -0.2) is 78.9 Å². The van der Waals surface area contributed by atoms with Gasteiger partial charge in [-0.25, -0.2) is 4.90 Å². The lowest BCUT2D eigenvalue weighted by Gasteiger charge is -2.42. The number of amides is 4. The molecule has 0 aliphatic carbocycles. The van der Waals surface area contributed by atoms with Crippen LogP contribution < -0.4 is 9.80 Å². The molecule has 9 nitrogen and oxygen atoms in total. The van der Waals surface area contributed by atoms with Crippen LogP contribution in [0.15, 0.2) is 54.6 Å². The van der Waals surface area contributed by atoms with Crippen molar-refractivity contribution in [3.05, 3.63) is 60.2 Å². The molecule has 4 saturated heterocycles. The number of benzene rings is 2. The number of morpholine rings is 1. The van der Waals surface area contributed by atoms with Gasteiger partial charge in [0.15, 0.2) is 0 Å². The minimum atomic E-state index is -1.30. The van der Waals surface area contributed by atoms with Gasteiger partial charge in [0.2, 0.25) is 17.7 Å². The van der Waals surface area contributed by atoms with Crippen LogP contribution in [0.5, 0.6) is 0 Å². The van der Waals surface area contributed by atoms with Gasteiger partial charge < -0.3 is 14.5 Å². The van der Waals surface area contributed by atoms with Gasteiger partial charge in [-0.2, -0.15) is 0 Å². The lowest BCUT2D eigenvalue weighted by Crippen LogP contribution is -2.59. The molecule has 5 heterocycles. The van der Waals surface area contributed by atoms with Crippen molar-refractivity contribution in [3.8, 4) is 0 Å². The standard InChI is InChI=1S/C29H30N4O5/c34-23(30-14-16-38-17-15-30)18-31-21-11-5-4-10-20(21)29(28(31)37)25-24(22-12-6-7-13-32(22)29)26(35)33(27(25)36)19-8-2-1-3-9-19/h1-5,8-11,22,24-25H,6-7,12-18H2/t22-,24-,25+,29-/m1/s1. The Hall–Kier alpha value is -3.56. The molecule has 7 rings (SSSR count). The van der Waals surface area contributed by atoms with Crippen molar-refractivity contribution in [3.63, 3.8) is 0 Å². The second kappa shape index (κ2) is 8.74. The maximum atomic E-state index is 14.7. The number of fused-ring (bicyclic) bond motifs is 7. The van der Waals surface area contributed by atoms with E-state index in [4.69, 9.17) is 4.74 Å². The highest BCUT2D eigenvalue weighted by Gasteiger charge is 2.75. The van der Waals surface area contributed by atoms with Gasteiger partial charge in [0.05, 0.1) is 30.7 Å². The minimum Gasteiger partial charge on any atom is -0.378 e. The molecular formula is C29H30N4O5. The summed E-state index contributed by atoms with van der Waals surface area (Å²) in [5, 5.41) is 0. The van der Waals surface area contributed by atoms with Gasteiger partial charge in [-0.1, -0.05) is 42.8 Å². The number of nitrogens with zero attached hydrogens (tertiary/aromatic N) is 4. The van der Waals surface area contributed by atoms with E-state index < -0.39 is 17.4 Å². The summed E-state index contributed by atoms with van der Waals surface area (Å²) in [4.78, 5) is 62.9. The first kappa shape index (κ1) is 23.5. The fourth-order valence-electron chi connectivity index (χ4n) is 7.54. The number of anilines is 2. The molecule has 2 aromatic carbocycles. The van der Waals surface area contributed by atoms with Crippen LogP contribution in [-0.2, 0) is 29.5 Å². The Bertz CT molecular complexity index is 1330. The van der Waals surface area contributed by atoms with Crippen LogP contribution in [0.1, 0.15) is 24.8 Å². The van der Waals surface area contributed by atoms with Crippen LogP contribution in [0, 0.1) is 11.8 Å². The first-order valence-corrected chi connectivity index (χ1v) is 13.5. The summed E-state index contributed by atoms with van der Waals surface area (Å²) in [6.07, 6.45) is 2.60. The molecule has 0 bridgehead atoms. The highest BCUT2D eigenvalue weighted by atomic mass is 16.5. The molecule has 0 aromatic heterocycles. The van der Waals surface area contributed by atoms with Crippen molar-refractivity contribution in [2.75, 3.05) is 49.2 Å². The number of carbonyl (C=O) groups excluding carboxylic acids is 4. The molecule has 0 saturated carbocycles. The normalized spacial score (nSPS) is 30.7. The van der Waals surface area contributed by atoms with Crippen LogP contribution in [0.25, 0.3) is 0 Å². The van der Waals surface area contributed by atoms with E-state index in [1.807, 2.05) is 42.5 Å². The van der Waals surface area contributed by atoms with Gasteiger partial charge in [0.25, 0.3) is 5.91 Å². The Morgan fingerprint density at radius 1 is 0.895 bits per heavy atom. The number of ether oxygens (including phenoxy) is 1. The molecule has 4 atom stereocenters. The van der Waals surface area contributed by atoms with E-state index in [-0.39, 0.29) is 36.2 Å². The maximum Gasteiger partial charge on any atom is 0.253 e. The Kier molecular flexibility index (Phi) is 5.42. The second-order valence-corrected chi connectivity index (χ2v) is 10.8. The smallest absolute Gasteiger partial charge is 0.253 e. The van der Waals surface area contributed by atoms with Crippen molar-refractivity contribution >= 4 is 35.0 Å². The zero-order valence-electron chi connectivity index (χ0n) is 21.1. The average molecular weight is 515 g/mol. The van der Waals surface area contributed by atoms with Crippen molar-refractivity contribution in [1.29, 1.82) is 0 Å². The number of para-hydroxylation sites is 2. The summed E-state index contributed by atoms with van der Waals surface area (Å²) in [6.45, 7) is 2.47. The van der Waals surface area contributed by atoms with Crippen LogP contribution in [0.2, 0.25) is 0 Å². The molecule has 0 radical (unpaired) electrons. The molecule has 196 valence electrons. The molecule has 2 aromatic rings. The minimum absolute atomic E-state index is 0.0992. The topological polar surface area (TPSA) is 90.5 Å². The predicted molar refractivity (Wildman–Crippen MR) is 138 cm³/mol. The highest BCUT2D eigenvalue weighted by Crippen LogP contribution is 2.61. The van der Waals surface area contributed by atoms with Crippen molar-refractivity contribution in [1.82, 2.24) is 9.80 Å². The molecule has 4 fully saturated rings. The van der Waals surface area contributed by atoms with E-state index in [0.29, 0.717) is 44.2 Å². The van der Waals surface area contributed by atoms with Crippen LogP contribution in [0.3, 0.4) is 0 Å². The number of hydrogen-bond acceptors (Lipinski definition) is 6. The van der Waals surface area contributed by atoms with E-state index in [2.05, 4.69) is 4.90 Å². The third-order valence-electron chi connectivity index (χ3n) is 9.07. The summed E-state index contributed by atoms with van der Waals surface area (Å²) in [5.41, 5.74) is 0.624. The van der Waals surface area contributed by atoms with Crippen molar-refractivity contribution < 1.29 is 23.9 Å². The molecule has 9 heteroatoms. The molecule has 0 N–H and O–H groups in total. The Labute approximate surface area is 220 Å². The Morgan fingerprint density at radius 2 is 1.63 bits per heavy atom. The predicted octanol–water partition coefficient (Wildman–Crippen LogP) is 1.76. The SMILES string of the molecule is O=C(CN1C(=O)[C@@]2(c3ccccc31)[C@@H]1C(=O)N(c3ccccc3)C(=O)[C@@H]1[C@H]1CCCCN12)N1CCOCC1. The molecular weight excluding hydrogens is 484 g/mol. The van der Waals surface area contributed by atoms with Crippen LogP contribution in [0.4, 0.5) is 11.4 Å². The molecule has 38 heavy (non-hydrogen) atoms. The van der Waals surface area contributed by atoms with Gasteiger partial charge in [-0.05, 0) is 37.6 Å². The molecule has 5 aliphatic heterocycles. The molecule has 5 aliphatic rings. The zero-order chi connectivity index (χ0) is 26.0. The van der Waals surface area contributed by atoms with E-state index in [9.17, 15) is 19.2 Å². The number of piperidine rings is 1. The largest absolute Gasteiger partial charge is 0.378 e. The molecule has 4 amide bonds. The summed E-state index contributed by atoms with van der Waals surface area (Å²) < 4.78 is 5.39. The van der Waals surface area contributed by atoms with Gasteiger partial charge in [0.1, 0.15) is 12.1 Å². The average Bonchev–Trinajstić information content (AvgIpc) is 3.51. The van der Waals surface area contributed by atoms with Crippen LogP contribution >= 0.6 is 0 Å². The maximum absolute atomic E-state index is 14.7. The van der Waals surface area contributed by atoms with Gasteiger partial charge in [0, 0.05) is 30.4 Å². The fourth-order valence-corrected chi connectivity index (χ4v) is 7.54. The van der Waals surface area contributed by atoms with Crippen molar-refractivity contribution in [2.24, 2.45) is 11.8 Å². The molecule has 1 spiro atoms. The Morgan fingerprint density at radius 3 is 2.42 bits per heavy atom. The fraction of sp³-hybridized carbons (Fsp3) is 0.448. The van der Waals surface area contributed by atoms with E-state index >= 15 is 0 Å². The van der Waals surface area contributed by atoms with Gasteiger partial charge in [-0.3, -0.25) is 24.1 Å². The first-order valence-electron chi connectivity index (χ1n) is 13.5. The summed E-state index contributed by atoms with van der Waals surface area (Å²) in [6, 6.07) is 16.3. The third kappa shape index (κ3) is 3.06. The van der Waals surface area contributed by atoms with E-state index in [1.54, 1.807) is 21.9 Å². The van der Waals surface area contributed by atoms with E-state index in [0.717, 1.165) is 24.8 Å². The number of imide groups is 1. The lowest BCUT2D eigenvalue weighted by atomic mass is 9.76. The third-order valence-corrected chi connectivity index (χ3v) is 9.07. The Balaban J connectivity index is 1.35. The number of rotatable bonds is 3. The molecule has 0 unspecified atom stereocenters. The van der Waals surface area contributed by atoms with E-state index in [1.165, 1.54) is 4.90 Å². The highest BCUT2D eigenvalue weighted by molar-refractivity contribution is 6.26. The zero-order valence-corrected chi connectivity index (χ0v) is 21.1. The number of hydrogen-bond donors (Lipinski definition) is 0. The number of carbonyl (C=O) groups is 4.